The Morgan fingerprint density at radius 2 is 2.39 bits per heavy atom. The van der Waals surface area contributed by atoms with Gasteiger partial charge in [0.25, 0.3) is 5.91 Å². The summed E-state index contributed by atoms with van der Waals surface area (Å²) in [6.45, 7) is 2.31. The van der Waals surface area contributed by atoms with E-state index >= 15 is 0 Å². The van der Waals surface area contributed by atoms with Crippen LogP contribution < -0.4 is 10.9 Å². The van der Waals surface area contributed by atoms with Crippen molar-refractivity contribution in [2.45, 2.75) is 19.3 Å². The minimum absolute atomic E-state index is 0.150. The lowest BCUT2D eigenvalue weighted by molar-refractivity contribution is 0.0514. The highest BCUT2D eigenvalue weighted by molar-refractivity contribution is 5.93. The van der Waals surface area contributed by atoms with Gasteiger partial charge in [-0.15, -0.1) is 0 Å². The lowest BCUT2D eigenvalue weighted by Gasteiger charge is -2.21. The Bertz CT molecular complexity index is 429. The maximum Gasteiger partial charge on any atom is 0.252 e. The minimum Gasteiger partial charge on any atom is -0.381 e. The number of nitrogens with one attached hydrogen (secondary N) is 2. The number of amides is 1. The molecule has 1 amide bonds. The Balaban J connectivity index is 1.74. The lowest BCUT2D eigenvalue weighted by Crippen LogP contribution is -2.28. The number of hydrogen-bond donors (Lipinski definition) is 2. The number of aromatic amines is 1. The highest BCUT2D eigenvalue weighted by Gasteiger charge is 2.14. The molecule has 5 nitrogen and oxygen atoms in total. The van der Waals surface area contributed by atoms with Crippen LogP contribution in [0.15, 0.2) is 23.1 Å². The second kappa shape index (κ2) is 6.35. The number of carbonyl (C=O) groups is 1. The first-order valence-electron chi connectivity index (χ1n) is 6.30. The Morgan fingerprint density at radius 1 is 1.50 bits per heavy atom. The van der Waals surface area contributed by atoms with Gasteiger partial charge in [0.2, 0.25) is 5.56 Å². The van der Waals surface area contributed by atoms with Crippen LogP contribution in [0.4, 0.5) is 0 Å². The normalized spacial score (nSPS) is 19.4. The van der Waals surface area contributed by atoms with Gasteiger partial charge in [-0.1, -0.05) is 0 Å². The molecule has 1 aliphatic rings. The van der Waals surface area contributed by atoms with Crippen LogP contribution in [0.1, 0.15) is 29.6 Å². The molecule has 98 valence electrons. The molecule has 1 aromatic heterocycles. The molecule has 2 rings (SSSR count). The van der Waals surface area contributed by atoms with Crippen molar-refractivity contribution >= 4 is 5.91 Å². The fourth-order valence-corrected chi connectivity index (χ4v) is 2.08. The van der Waals surface area contributed by atoms with Crippen LogP contribution in [0.5, 0.6) is 0 Å². The third-order valence-corrected chi connectivity index (χ3v) is 3.14. The summed E-state index contributed by atoms with van der Waals surface area (Å²) < 4.78 is 5.38. The molecular weight excluding hydrogens is 232 g/mol. The van der Waals surface area contributed by atoms with Gasteiger partial charge >= 0.3 is 0 Å². The predicted molar refractivity (Wildman–Crippen MR) is 67.6 cm³/mol. The summed E-state index contributed by atoms with van der Waals surface area (Å²) in [5, 5.41) is 2.85. The van der Waals surface area contributed by atoms with E-state index in [0.717, 1.165) is 26.1 Å². The Labute approximate surface area is 106 Å². The fraction of sp³-hybridized carbons (Fsp3) is 0.538. The number of ether oxygens (including phenoxy) is 1. The van der Waals surface area contributed by atoms with Crippen LogP contribution in [0.2, 0.25) is 0 Å². The van der Waals surface area contributed by atoms with Crippen LogP contribution in [0.25, 0.3) is 0 Å². The molecule has 1 aliphatic heterocycles. The number of aromatic nitrogens is 1. The molecule has 1 fully saturated rings. The van der Waals surface area contributed by atoms with E-state index in [1.54, 1.807) is 0 Å². The van der Waals surface area contributed by atoms with Gasteiger partial charge in [0.15, 0.2) is 0 Å². The van der Waals surface area contributed by atoms with Gasteiger partial charge in [0, 0.05) is 32.0 Å². The second-order valence-corrected chi connectivity index (χ2v) is 4.57. The summed E-state index contributed by atoms with van der Waals surface area (Å²) in [5.41, 5.74) is 0.278. The highest BCUT2D eigenvalue weighted by Crippen LogP contribution is 2.16. The quantitative estimate of drug-likeness (QED) is 0.834. The molecule has 0 aromatic carbocycles. The Morgan fingerprint density at radius 3 is 3.06 bits per heavy atom. The Hall–Kier alpha value is -1.62. The molecule has 1 aromatic rings. The van der Waals surface area contributed by atoms with Crippen molar-refractivity contribution < 1.29 is 9.53 Å². The largest absolute Gasteiger partial charge is 0.381 e. The molecule has 0 saturated carbocycles. The van der Waals surface area contributed by atoms with Crippen molar-refractivity contribution in [3.05, 3.63) is 34.2 Å². The van der Waals surface area contributed by atoms with Gasteiger partial charge in [-0.2, -0.15) is 0 Å². The molecule has 0 bridgehead atoms. The summed E-state index contributed by atoms with van der Waals surface area (Å²) in [4.78, 5) is 25.1. The fourth-order valence-electron chi connectivity index (χ4n) is 2.08. The van der Waals surface area contributed by atoms with Gasteiger partial charge in [0.05, 0.1) is 5.56 Å². The molecule has 0 aliphatic carbocycles. The van der Waals surface area contributed by atoms with Crippen LogP contribution in [-0.2, 0) is 4.74 Å². The first kappa shape index (κ1) is 12.8. The average molecular weight is 250 g/mol. The van der Waals surface area contributed by atoms with Crippen molar-refractivity contribution in [1.29, 1.82) is 0 Å². The summed E-state index contributed by atoms with van der Waals surface area (Å²) in [7, 11) is 0. The zero-order valence-electron chi connectivity index (χ0n) is 10.3. The number of hydrogen-bond acceptors (Lipinski definition) is 3. The molecule has 5 heteroatoms. The van der Waals surface area contributed by atoms with Gasteiger partial charge in [-0.3, -0.25) is 9.59 Å². The molecular formula is C13H18N2O3. The number of carbonyl (C=O) groups excluding carboxylic acids is 1. The maximum absolute atomic E-state index is 11.7. The summed E-state index contributed by atoms with van der Waals surface area (Å²) in [5.74, 6) is 0.401. The molecule has 0 spiro atoms. The first-order chi connectivity index (χ1) is 8.75. The summed E-state index contributed by atoms with van der Waals surface area (Å²) in [6.07, 6.45) is 4.66. The molecule has 0 unspecified atom stereocenters. The first-order valence-corrected chi connectivity index (χ1v) is 6.30. The third-order valence-electron chi connectivity index (χ3n) is 3.14. The topological polar surface area (TPSA) is 71.2 Å². The van der Waals surface area contributed by atoms with E-state index in [4.69, 9.17) is 4.74 Å². The van der Waals surface area contributed by atoms with E-state index in [-0.39, 0.29) is 11.5 Å². The zero-order valence-corrected chi connectivity index (χ0v) is 10.3. The van der Waals surface area contributed by atoms with E-state index in [2.05, 4.69) is 10.3 Å². The van der Waals surface area contributed by atoms with E-state index in [1.807, 2.05) is 0 Å². The van der Waals surface area contributed by atoms with Crippen molar-refractivity contribution in [3.8, 4) is 0 Å². The standard InChI is InChI=1S/C13H18N2O3/c16-12-4-3-11(8-15-12)13(17)14-6-5-10-2-1-7-18-9-10/h3-4,8,10H,1-2,5-7,9H2,(H,14,17)(H,15,16)/t10-/m1/s1. The number of rotatable bonds is 4. The minimum atomic E-state index is -0.203. The highest BCUT2D eigenvalue weighted by atomic mass is 16.5. The zero-order chi connectivity index (χ0) is 12.8. The van der Waals surface area contributed by atoms with Crippen molar-refractivity contribution in [2.24, 2.45) is 5.92 Å². The van der Waals surface area contributed by atoms with Gasteiger partial charge in [-0.25, -0.2) is 0 Å². The van der Waals surface area contributed by atoms with Crippen LogP contribution in [-0.4, -0.2) is 30.6 Å². The smallest absolute Gasteiger partial charge is 0.252 e. The van der Waals surface area contributed by atoms with Gasteiger partial charge < -0.3 is 15.0 Å². The van der Waals surface area contributed by atoms with E-state index in [0.29, 0.717) is 18.0 Å². The van der Waals surface area contributed by atoms with Crippen molar-refractivity contribution in [3.63, 3.8) is 0 Å². The van der Waals surface area contributed by atoms with E-state index in [9.17, 15) is 9.59 Å². The van der Waals surface area contributed by atoms with Crippen LogP contribution in [0.3, 0.4) is 0 Å². The van der Waals surface area contributed by atoms with Crippen LogP contribution >= 0.6 is 0 Å². The number of pyridine rings is 1. The molecule has 0 radical (unpaired) electrons. The van der Waals surface area contributed by atoms with Crippen LogP contribution in [0, 0.1) is 5.92 Å². The average Bonchev–Trinajstić information content (AvgIpc) is 2.40. The van der Waals surface area contributed by atoms with Crippen molar-refractivity contribution in [1.82, 2.24) is 10.3 Å². The predicted octanol–water partition coefficient (Wildman–Crippen LogP) is 0.921. The summed E-state index contributed by atoms with van der Waals surface area (Å²) in [6, 6.07) is 2.88. The van der Waals surface area contributed by atoms with E-state index in [1.165, 1.54) is 24.8 Å². The third kappa shape index (κ3) is 3.70. The molecule has 2 N–H and O–H groups in total. The lowest BCUT2D eigenvalue weighted by atomic mass is 9.99. The molecule has 1 saturated heterocycles. The molecule has 1 atom stereocenters. The van der Waals surface area contributed by atoms with Crippen molar-refractivity contribution in [2.75, 3.05) is 19.8 Å². The van der Waals surface area contributed by atoms with E-state index < -0.39 is 0 Å². The monoisotopic (exact) mass is 250 g/mol. The maximum atomic E-state index is 11.7. The SMILES string of the molecule is O=C(NCC[C@H]1CCCOC1)c1ccc(=O)[nH]c1. The number of H-pyrrole nitrogens is 1. The van der Waals surface area contributed by atoms with Gasteiger partial charge in [0.1, 0.15) is 0 Å². The second-order valence-electron chi connectivity index (χ2n) is 4.57. The Kier molecular flexibility index (Phi) is 4.52. The summed E-state index contributed by atoms with van der Waals surface area (Å²) >= 11 is 0. The van der Waals surface area contributed by atoms with Gasteiger partial charge in [-0.05, 0) is 31.2 Å². The molecule has 18 heavy (non-hydrogen) atoms. The molecule has 2 heterocycles.